The molecule has 6 heteroatoms. The van der Waals surface area contributed by atoms with Crippen LogP contribution in [0.15, 0.2) is 18.2 Å². The van der Waals surface area contributed by atoms with E-state index in [2.05, 4.69) is 6.92 Å². The zero-order valence-corrected chi connectivity index (χ0v) is 17.8. The van der Waals surface area contributed by atoms with Gasteiger partial charge in [-0.2, -0.15) is 0 Å². The van der Waals surface area contributed by atoms with E-state index in [-0.39, 0.29) is 18.2 Å². The van der Waals surface area contributed by atoms with Crippen LogP contribution in [0.4, 0.5) is 4.79 Å². The number of likely N-dealkylation sites (N-methyl/N-ethyl adjacent to an activating group) is 1. The van der Waals surface area contributed by atoms with E-state index in [1.54, 1.807) is 40.0 Å². The van der Waals surface area contributed by atoms with Crippen molar-refractivity contribution in [2.45, 2.75) is 64.9 Å². The van der Waals surface area contributed by atoms with Gasteiger partial charge < -0.3 is 9.64 Å². The molecule has 0 spiro atoms. The van der Waals surface area contributed by atoms with Gasteiger partial charge in [0.15, 0.2) is 5.78 Å². The molecule has 0 saturated carbocycles. The molecular formula is C20H29Cl2NO3. The highest BCUT2D eigenvalue weighted by molar-refractivity contribution is 6.42. The van der Waals surface area contributed by atoms with E-state index in [0.29, 0.717) is 16.5 Å². The summed E-state index contributed by atoms with van der Waals surface area (Å²) in [5.41, 5.74) is 0.233. The molecule has 146 valence electrons. The zero-order chi connectivity index (χ0) is 19.9. The van der Waals surface area contributed by atoms with E-state index in [4.69, 9.17) is 27.9 Å². The summed E-state index contributed by atoms with van der Waals surface area (Å²) in [5, 5.41) is 0.888. The average molecular weight is 402 g/mol. The highest BCUT2D eigenvalue weighted by atomic mass is 35.5. The summed E-state index contributed by atoms with van der Waals surface area (Å²) in [4.78, 5) is 26.3. The largest absolute Gasteiger partial charge is 0.444 e. The van der Waals surface area contributed by atoms with E-state index >= 15 is 0 Å². The molecule has 0 saturated heterocycles. The lowest BCUT2D eigenvalue weighted by molar-refractivity contribution is -0.121. The van der Waals surface area contributed by atoms with Crippen molar-refractivity contribution in [3.05, 3.63) is 33.8 Å². The molecule has 26 heavy (non-hydrogen) atoms. The summed E-state index contributed by atoms with van der Waals surface area (Å²) < 4.78 is 5.32. The van der Waals surface area contributed by atoms with Crippen LogP contribution in [0.2, 0.25) is 10.0 Å². The van der Waals surface area contributed by atoms with Crippen LogP contribution in [-0.4, -0.2) is 36.0 Å². The smallest absolute Gasteiger partial charge is 0.410 e. The van der Waals surface area contributed by atoms with E-state index in [1.807, 2.05) is 6.07 Å². The topological polar surface area (TPSA) is 46.6 Å². The average Bonchev–Trinajstić information content (AvgIpc) is 2.52. The summed E-state index contributed by atoms with van der Waals surface area (Å²) in [6, 6.07) is 5.28. The van der Waals surface area contributed by atoms with Crippen molar-refractivity contribution in [1.82, 2.24) is 4.90 Å². The highest BCUT2D eigenvalue weighted by Gasteiger charge is 2.26. The summed E-state index contributed by atoms with van der Waals surface area (Å²) in [5.74, 6) is -0.353. The maximum atomic E-state index is 12.9. The maximum Gasteiger partial charge on any atom is 0.410 e. The van der Waals surface area contributed by atoms with Gasteiger partial charge in [0.1, 0.15) is 5.60 Å². The van der Waals surface area contributed by atoms with Crippen LogP contribution < -0.4 is 0 Å². The third kappa shape index (κ3) is 7.55. The highest BCUT2D eigenvalue weighted by Crippen LogP contribution is 2.30. The molecule has 1 aromatic carbocycles. The standard InChI is InChI=1S/C20H29Cl2NO3/c1-6-7-8-9-15(14-10-11-16(21)17(22)12-14)18(24)13-23(5)19(25)26-20(2,3)4/h10-12,15H,6-9,13H2,1-5H3. The van der Waals surface area contributed by atoms with Gasteiger partial charge in [-0.15, -0.1) is 0 Å². The minimum absolute atomic E-state index is 0.00799. The molecule has 0 heterocycles. The van der Waals surface area contributed by atoms with E-state index in [0.717, 1.165) is 24.8 Å². The van der Waals surface area contributed by atoms with Crippen LogP contribution >= 0.6 is 23.2 Å². The van der Waals surface area contributed by atoms with Gasteiger partial charge in [-0.25, -0.2) is 4.79 Å². The van der Waals surface area contributed by atoms with Crippen molar-refractivity contribution in [2.75, 3.05) is 13.6 Å². The molecule has 0 N–H and O–H groups in total. The Balaban J connectivity index is 2.90. The number of halogens is 2. The number of carbonyl (C=O) groups is 2. The number of Topliss-reactive ketones (excluding diaryl/α,β-unsaturated/α-hetero) is 1. The third-order valence-electron chi connectivity index (χ3n) is 3.93. The van der Waals surface area contributed by atoms with Gasteiger partial charge in [0, 0.05) is 13.0 Å². The second-order valence-corrected chi connectivity index (χ2v) is 8.34. The number of ketones is 1. The number of hydrogen-bond acceptors (Lipinski definition) is 3. The molecule has 0 aliphatic heterocycles. The number of rotatable bonds is 8. The van der Waals surface area contributed by atoms with Gasteiger partial charge in [-0.3, -0.25) is 4.79 Å². The summed E-state index contributed by atoms with van der Waals surface area (Å²) in [6.07, 6.45) is 3.26. The second kappa shape index (κ2) is 10.2. The Hall–Kier alpha value is -1.26. The molecule has 0 radical (unpaired) electrons. The predicted octanol–water partition coefficient (Wildman–Crippen LogP) is 6.09. The Morgan fingerprint density at radius 3 is 2.35 bits per heavy atom. The Kier molecular flexibility index (Phi) is 8.91. The molecular weight excluding hydrogens is 373 g/mol. The SMILES string of the molecule is CCCCCC(C(=O)CN(C)C(=O)OC(C)(C)C)c1ccc(Cl)c(Cl)c1. The van der Waals surface area contributed by atoms with Crippen LogP contribution in [0.1, 0.15) is 64.9 Å². The van der Waals surface area contributed by atoms with Crippen molar-refractivity contribution in [2.24, 2.45) is 0 Å². The zero-order valence-electron chi connectivity index (χ0n) is 16.3. The number of unbranched alkanes of at least 4 members (excludes halogenated alkanes) is 2. The van der Waals surface area contributed by atoms with Crippen LogP contribution in [0.5, 0.6) is 0 Å². The summed E-state index contributed by atoms with van der Waals surface area (Å²) >= 11 is 12.1. The first kappa shape index (κ1) is 22.8. The van der Waals surface area contributed by atoms with Crippen molar-refractivity contribution < 1.29 is 14.3 Å². The molecule has 1 amide bonds. The number of amides is 1. The lowest BCUT2D eigenvalue weighted by atomic mass is 9.89. The van der Waals surface area contributed by atoms with Gasteiger partial charge in [0.05, 0.1) is 16.6 Å². The van der Waals surface area contributed by atoms with Gasteiger partial charge in [-0.05, 0) is 44.9 Å². The number of ether oxygens (including phenoxy) is 1. The van der Waals surface area contributed by atoms with Crippen LogP contribution in [-0.2, 0) is 9.53 Å². The molecule has 0 bridgehead atoms. The quantitative estimate of drug-likeness (QED) is 0.494. The molecule has 0 fully saturated rings. The molecule has 0 aliphatic carbocycles. The maximum absolute atomic E-state index is 12.9. The van der Waals surface area contributed by atoms with E-state index in [9.17, 15) is 9.59 Å². The van der Waals surface area contributed by atoms with Crippen LogP contribution in [0.3, 0.4) is 0 Å². The Labute approximate surface area is 166 Å². The minimum atomic E-state index is -0.599. The lowest BCUT2D eigenvalue weighted by Crippen LogP contribution is -2.38. The Morgan fingerprint density at radius 1 is 1.15 bits per heavy atom. The van der Waals surface area contributed by atoms with Crippen molar-refractivity contribution in [3.63, 3.8) is 0 Å². The fourth-order valence-electron chi connectivity index (χ4n) is 2.59. The predicted molar refractivity (Wildman–Crippen MR) is 107 cm³/mol. The van der Waals surface area contributed by atoms with Crippen molar-refractivity contribution in [1.29, 1.82) is 0 Å². The molecule has 1 atom stereocenters. The van der Waals surface area contributed by atoms with Gasteiger partial charge >= 0.3 is 6.09 Å². The number of hydrogen-bond donors (Lipinski definition) is 0. The Bertz CT molecular complexity index is 626. The molecule has 0 aliphatic rings. The van der Waals surface area contributed by atoms with Gasteiger partial charge in [0.2, 0.25) is 0 Å². The van der Waals surface area contributed by atoms with Crippen molar-refractivity contribution >= 4 is 35.1 Å². The van der Waals surface area contributed by atoms with E-state index in [1.165, 1.54) is 4.90 Å². The first-order valence-electron chi connectivity index (χ1n) is 8.97. The van der Waals surface area contributed by atoms with Crippen LogP contribution in [0, 0.1) is 0 Å². The molecule has 1 unspecified atom stereocenters. The van der Waals surface area contributed by atoms with Crippen molar-refractivity contribution in [3.8, 4) is 0 Å². The minimum Gasteiger partial charge on any atom is -0.444 e. The fourth-order valence-corrected chi connectivity index (χ4v) is 2.90. The number of nitrogens with zero attached hydrogens (tertiary/aromatic N) is 1. The third-order valence-corrected chi connectivity index (χ3v) is 4.67. The van der Waals surface area contributed by atoms with E-state index < -0.39 is 11.7 Å². The second-order valence-electron chi connectivity index (χ2n) is 7.52. The molecule has 0 aromatic heterocycles. The number of carbonyl (C=O) groups excluding carboxylic acids is 2. The fraction of sp³-hybridized carbons (Fsp3) is 0.600. The lowest BCUT2D eigenvalue weighted by Gasteiger charge is -2.25. The Morgan fingerprint density at radius 2 is 1.81 bits per heavy atom. The summed E-state index contributed by atoms with van der Waals surface area (Å²) in [6.45, 7) is 7.50. The van der Waals surface area contributed by atoms with Crippen LogP contribution in [0.25, 0.3) is 0 Å². The monoisotopic (exact) mass is 401 g/mol. The van der Waals surface area contributed by atoms with Gasteiger partial charge in [0.25, 0.3) is 0 Å². The van der Waals surface area contributed by atoms with Gasteiger partial charge in [-0.1, -0.05) is 55.5 Å². The molecule has 1 rings (SSSR count). The first-order chi connectivity index (χ1) is 12.0. The molecule has 4 nitrogen and oxygen atoms in total. The summed E-state index contributed by atoms with van der Waals surface area (Å²) in [7, 11) is 1.57. The first-order valence-corrected chi connectivity index (χ1v) is 9.72. The normalized spacial score (nSPS) is 12.6. The number of benzene rings is 1. The molecule has 1 aromatic rings.